The van der Waals surface area contributed by atoms with E-state index in [2.05, 4.69) is 0 Å². The Hall–Kier alpha value is -2.87. The predicted octanol–water partition coefficient (Wildman–Crippen LogP) is 5.26. The predicted molar refractivity (Wildman–Crippen MR) is 103 cm³/mol. The van der Waals surface area contributed by atoms with Gasteiger partial charge in [-0.05, 0) is 54.6 Å². The van der Waals surface area contributed by atoms with Crippen LogP contribution in [0.15, 0.2) is 48.5 Å². The highest BCUT2D eigenvalue weighted by Gasteiger charge is 2.31. The van der Waals surface area contributed by atoms with Crippen LogP contribution in [0, 0.1) is 6.92 Å². The van der Waals surface area contributed by atoms with Crippen molar-refractivity contribution in [2.75, 3.05) is 0 Å². The zero-order chi connectivity index (χ0) is 21.2. The summed E-state index contributed by atoms with van der Waals surface area (Å²) in [5.41, 5.74) is -0.0597. The zero-order valence-corrected chi connectivity index (χ0v) is 16.1. The fourth-order valence-corrected chi connectivity index (χ4v) is 4.13. The summed E-state index contributed by atoms with van der Waals surface area (Å²) in [6.45, 7) is 1.70. The zero-order valence-electron chi connectivity index (χ0n) is 15.3. The van der Waals surface area contributed by atoms with Crippen LogP contribution in [-0.4, -0.2) is 23.0 Å². The molecule has 1 atom stereocenters. The summed E-state index contributed by atoms with van der Waals surface area (Å²) in [7, 11) is 0. The van der Waals surface area contributed by atoms with E-state index in [1.165, 1.54) is 17.4 Å². The van der Waals surface area contributed by atoms with Gasteiger partial charge in [0.2, 0.25) is 0 Å². The fraction of sp³-hybridized carbons (Fsp3) is 0.238. The highest BCUT2D eigenvalue weighted by atomic mass is 32.1. The molecule has 0 amide bonds. The van der Waals surface area contributed by atoms with E-state index in [0.717, 1.165) is 17.0 Å². The van der Waals surface area contributed by atoms with Crippen molar-refractivity contribution in [2.24, 2.45) is 0 Å². The van der Waals surface area contributed by atoms with Gasteiger partial charge in [0.25, 0.3) is 6.10 Å². The Morgan fingerprint density at radius 3 is 2.45 bits per heavy atom. The summed E-state index contributed by atoms with van der Waals surface area (Å²) in [4.78, 5) is 24.6. The number of thiophene rings is 1. The summed E-state index contributed by atoms with van der Waals surface area (Å²) >= 11 is 1.30. The Morgan fingerprint density at radius 2 is 1.83 bits per heavy atom. The van der Waals surface area contributed by atoms with Gasteiger partial charge in [-0.15, -0.1) is 11.3 Å². The molecule has 4 nitrogen and oxygen atoms in total. The van der Waals surface area contributed by atoms with Crippen LogP contribution in [0.5, 0.6) is 5.75 Å². The number of carboxylic acid groups (broad SMARTS) is 1. The number of carbonyl (C=O) groups is 2. The standard InChI is InChI=1S/C21H17F3O4S/c1-12-15-11-13(21(22,23)24)7-9-18(15)29-17(12)10-8-16(25)19(20(26)27)28-14-5-3-2-4-6-14/h2-7,9,11,19H,8,10H2,1H3,(H,26,27). The largest absolute Gasteiger partial charge is 0.478 e. The number of ketones is 1. The van der Waals surface area contributed by atoms with Crippen LogP contribution < -0.4 is 4.74 Å². The van der Waals surface area contributed by atoms with Gasteiger partial charge in [-0.2, -0.15) is 13.2 Å². The van der Waals surface area contributed by atoms with E-state index in [1.807, 2.05) is 0 Å². The minimum absolute atomic E-state index is 0.0937. The number of carbonyl (C=O) groups excluding carboxylic acids is 1. The Kier molecular flexibility index (Phi) is 5.93. The first-order chi connectivity index (χ1) is 13.7. The SMILES string of the molecule is Cc1c(CCC(=O)C(Oc2ccccc2)C(=O)O)sc2ccc(C(F)(F)F)cc12. The number of aliphatic carboxylic acids is 1. The third-order valence-electron chi connectivity index (χ3n) is 4.47. The van der Waals surface area contributed by atoms with Crippen LogP contribution in [0.4, 0.5) is 13.2 Å². The van der Waals surface area contributed by atoms with E-state index in [4.69, 9.17) is 4.74 Å². The van der Waals surface area contributed by atoms with E-state index < -0.39 is 29.6 Å². The maximum atomic E-state index is 12.9. The molecule has 0 fully saturated rings. The van der Waals surface area contributed by atoms with Gasteiger partial charge in [-0.1, -0.05) is 18.2 Å². The van der Waals surface area contributed by atoms with Gasteiger partial charge < -0.3 is 9.84 Å². The van der Waals surface area contributed by atoms with Crippen molar-refractivity contribution in [1.82, 2.24) is 0 Å². The lowest BCUT2D eigenvalue weighted by Gasteiger charge is -2.14. The van der Waals surface area contributed by atoms with Crippen LogP contribution >= 0.6 is 11.3 Å². The first-order valence-corrected chi connectivity index (χ1v) is 9.55. The summed E-state index contributed by atoms with van der Waals surface area (Å²) in [6, 6.07) is 11.7. The Balaban J connectivity index is 1.75. The van der Waals surface area contributed by atoms with Crippen molar-refractivity contribution in [2.45, 2.75) is 32.0 Å². The maximum absolute atomic E-state index is 12.9. The first-order valence-electron chi connectivity index (χ1n) is 8.73. The fourth-order valence-electron chi connectivity index (χ4n) is 2.94. The van der Waals surface area contributed by atoms with Gasteiger partial charge in [-0.3, -0.25) is 4.79 Å². The second-order valence-corrected chi connectivity index (χ2v) is 7.61. The lowest BCUT2D eigenvalue weighted by atomic mass is 10.0. The van der Waals surface area contributed by atoms with Crippen LogP contribution in [-0.2, 0) is 22.2 Å². The second kappa shape index (κ2) is 8.24. The van der Waals surface area contributed by atoms with E-state index in [9.17, 15) is 27.9 Å². The average Bonchev–Trinajstić information content (AvgIpc) is 2.99. The van der Waals surface area contributed by atoms with Gasteiger partial charge in [0.05, 0.1) is 5.56 Å². The molecule has 1 unspecified atom stereocenters. The number of benzene rings is 2. The molecule has 3 aromatic rings. The molecule has 152 valence electrons. The average molecular weight is 422 g/mol. The molecule has 1 aromatic heterocycles. The number of Topliss-reactive ketones (excluding diaryl/α,β-unsaturated/α-hetero) is 1. The van der Waals surface area contributed by atoms with E-state index in [1.54, 1.807) is 37.3 Å². The number of fused-ring (bicyclic) bond motifs is 1. The van der Waals surface area contributed by atoms with Crippen molar-refractivity contribution in [3.8, 4) is 5.75 Å². The number of rotatable bonds is 7. The normalized spacial score (nSPS) is 12.7. The van der Waals surface area contributed by atoms with Crippen LogP contribution in [0.3, 0.4) is 0 Å². The number of halogens is 3. The second-order valence-electron chi connectivity index (χ2n) is 6.47. The molecular weight excluding hydrogens is 405 g/mol. The number of alkyl halides is 3. The van der Waals surface area contributed by atoms with Crippen molar-refractivity contribution in [3.63, 3.8) is 0 Å². The highest BCUT2D eigenvalue weighted by Crippen LogP contribution is 2.37. The summed E-state index contributed by atoms with van der Waals surface area (Å²) < 4.78 is 44.8. The minimum Gasteiger partial charge on any atom is -0.478 e. The topological polar surface area (TPSA) is 63.6 Å². The molecule has 0 radical (unpaired) electrons. The quantitative estimate of drug-likeness (QED) is 0.528. The molecule has 1 N–H and O–H groups in total. The number of para-hydroxylation sites is 1. The lowest BCUT2D eigenvalue weighted by molar-refractivity contribution is -0.150. The van der Waals surface area contributed by atoms with Gasteiger partial charge in [-0.25, -0.2) is 4.79 Å². The highest BCUT2D eigenvalue weighted by molar-refractivity contribution is 7.19. The third-order valence-corrected chi connectivity index (χ3v) is 5.81. The molecular formula is C21H17F3O4S. The van der Waals surface area contributed by atoms with Crippen LogP contribution in [0.1, 0.15) is 22.4 Å². The number of aryl methyl sites for hydroxylation is 2. The molecule has 0 saturated heterocycles. The molecule has 29 heavy (non-hydrogen) atoms. The molecule has 0 aliphatic rings. The first kappa shape index (κ1) is 20.9. The number of hydrogen-bond donors (Lipinski definition) is 1. The van der Waals surface area contributed by atoms with E-state index >= 15 is 0 Å². The van der Waals surface area contributed by atoms with Crippen molar-refractivity contribution >= 4 is 33.2 Å². The molecule has 0 aliphatic heterocycles. The number of ether oxygens (including phenoxy) is 1. The number of carboxylic acids is 1. The Morgan fingerprint density at radius 1 is 1.14 bits per heavy atom. The smallest absolute Gasteiger partial charge is 0.416 e. The Bertz CT molecular complexity index is 1040. The summed E-state index contributed by atoms with van der Waals surface area (Å²) in [5, 5.41) is 9.82. The van der Waals surface area contributed by atoms with Gasteiger partial charge in [0.15, 0.2) is 5.78 Å². The maximum Gasteiger partial charge on any atom is 0.416 e. The van der Waals surface area contributed by atoms with E-state index in [-0.39, 0.29) is 18.6 Å². The molecule has 3 rings (SSSR count). The summed E-state index contributed by atoms with van der Waals surface area (Å²) in [5.74, 6) is -1.72. The molecule has 0 aliphatic carbocycles. The number of hydrogen-bond acceptors (Lipinski definition) is 4. The lowest BCUT2D eigenvalue weighted by Crippen LogP contribution is -2.35. The molecule has 0 saturated carbocycles. The minimum atomic E-state index is -4.43. The Labute approximate surface area is 168 Å². The van der Waals surface area contributed by atoms with Crippen LogP contribution in [0.2, 0.25) is 0 Å². The van der Waals surface area contributed by atoms with Gasteiger partial charge in [0.1, 0.15) is 5.75 Å². The third kappa shape index (κ3) is 4.76. The van der Waals surface area contributed by atoms with Crippen molar-refractivity contribution < 1.29 is 32.6 Å². The van der Waals surface area contributed by atoms with E-state index in [0.29, 0.717) is 15.6 Å². The molecule has 2 aromatic carbocycles. The van der Waals surface area contributed by atoms with Crippen LogP contribution in [0.25, 0.3) is 10.1 Å². The molecule has 0 spiro atoms. The van der Waals surface area contributed by atoms with Gasteiger partial charge >= 0.3 is 12.1 Å². The van der Waals surface area contributed by atoms with Crippen molar-refractivity contribution in [3.05, 3.63) is 64.5 Å². The molecule has 0 bridgehead atoms. The van der Waals surface area contributed by atoms with Gasteiger partial charge in [0, 0.05) is 16.0 Å². The monoisotopic (exact) mass is 422 g/mol. The summed E-state index contributed by atoms with van der Waals surface area (Å²) in [6.07, 6.45) is -5.93. The van der Waals surface area contributed by atoms with Crippen molar-refractivity contribution in [1.29, 1.82) is 0 Å². The molecule has 8 heteroatoms. The molecule has 1 heterocycles.